The Bertz CT molecular complexity index is 321. The molecule has 1 saturated carbocycles. The molecule has 0 radical (unpaired) electrons. The van der Waals surface area contributed by atoms with Gasteiger partial charge in [-0.1, -0.05) is 19.3 Å². The van der Waals surface area contributed by atoms with Gasteiger partial charge in [-0.05, 0) is 38.6 Å². The summed E-state index contributed by atoms with van der Waals surface area (Å²) in [4.78, 5) is 5.84. The average molecular weight is 238 g/mol. The van der Waals surface area contributed by atoms with Gasteiger partial charge in [0.1, 0.15) is 0 Å². The number of aryl methyl sites for hydroxylation is 1. The molecule has 1 aromatic heterocycles. The first-order chi connectivity index (χ1) is 7.74. The second-order valence-corrected chi connectivity index (χ2v) is 6.43. The lowest BCUT2D eigenvalue weighted by molar-refractivity contribution is 0.186. The monoisotopic (exact) mass is 238 g/mol. The molecule has 0 atom stereocenters. The summed E-state index contributed by atoms with van der Waals surface area (Å²) in [5.74, 6) is 0. The molecule has 1 aliphatic carbocycles. The number of hydrogen-bond donors (Lipinski definition) is 1. The van der Waals surface area contributed by atoms with Crippen molar-refractivity contribution >= 4 is 11.3 Å². The fourth-order valence-corrected chi connectivity index (χ4v) is 3.92. The molecule has 1 N–H and O–H groups in total. The number of hydrogen-bond acceptors (Lipinski definition) is 3. The largest absolute Gasteiger partial charge is 0.319 e. The van der Waals surface area contributed by atoms with Gasteiger partial charge in [0.15, 0.2) is 0 Å². The standard InChI is InChI=1S/C13H22N2S/c1-11-15-9-12(16-11)8-13(10-14-2)6-4-3-5-7-13/h9,14H,3-8,10H2,1-2H3. The van der Waals surface area contributed by atoms with Crippen molar-refractivity contribution < 1.29 is 0 Å². The van der Waals surface area contributed by atoms with Crippen LogP contribution in [0.2, 0.25) is 0 Å². The molecule has 1 aliphatic rings. The van der Waals surface area contributed by atoms with Gasteiger partial charge in [0.25, 0.3) is 0 Å². The van der Waals surface area contributed by atoms with Gasteiger partial charge in [0.2, 0.25) is 0 Å². The third-order valence-electron chi connectivity index (χ3n) is 3.68. The molecule has 0 amide bonds. The Morgan fingerprint density at radius 2 is 2.12 bits per heavy atom. The number of rotatable bonds is 4. The van der Waals surface area contributed by atoms with E-state index in [4.69, 9.17) is 0 Å². The molecule has 2 nitrogen and oxygen atoms in total. The summed E-state index contributed by atoms with van der Waals surface area (Å²) in [7, 11) is 2.08. The van der Waals surface area contributed by atoms with E-state index < -0.39 is 0 Å². The van der Waals surface area contributed by atoms with Crippen molar-refractivity contribution in [2.45, 2.75) is 45.4 Å². The SMILES string of the molecule is CNCC1(Cc2cnc(C)s2)CCCCC1. The van der Waals surface area contributed by atoms with Crippen molar-refractivity contribution in [3.63, 3.8) is 0 Å². The van der Waals surface area contributed by atoms with E-state index in [-0.39, 0.29) is 0 Å². The number of aromatic nitrogens is 1. The van der Waals surface area contributed by atoms with Crippen molar-refractivity contribution in [3.8, 4) is 0 Å². The molecule has 2 rings (SSSR count). The highest BCUT2D eigenvalue weighted by Gasteiger charge is 2.31. The van der Waals surface area contributed by atoms with Gasteiger partial charge in [-0.25, -0.2) is 4.98 Å². The van der Waals surface area contributed by atoms with Crippen molar-refractivity contribution in [3.05, 3.63) is 16.1 Å². The maximum absolute atomic E-state index is 4.37. The van der Waals surface area contributed by atoms with E-state index in [1.54, 1.807) is 0 Å². The topological polar surface area (TPSA) is 24.9 Å². The minimum Gasteiger partial charge on any atom is -0.319 e. The molecule has 0 aliphatic heterocycles. The van der Waals surface area contributed by atoms with Crippen LogP contribution < -0.4 is 5.32 Å². The van der Waals surface area contributed by atoms with E-state index in [1.807, 2.05) is 11.3 Å². The van der Waals surface area contributed by atoms with Crippen LogP contribution in [0.25, 0.3) is 0 Å². The summed E-state index contributed by atoms with van der Waals surface area (Å²) in [5, 5.41) is 4.59. The molecule has 1 fully saturated rings. The van der Waals surface area contributed by atoms with Gasteiger partial charge >= 0.3 is 0 Å². The molecule has 0 unspecified atom stereocenters. The van der Waals surface area contributed by atoms with Crippen LogP contribution in [0.3, 0.4) is 0 Å². The predicted molar refractivity (Wildman–Crippen MR) is 70.0 cm³/mol. The zero-order chi connectivity index (χ0) is 11.4. The molecule has 0 aromatic carbocycles. The van der Waals surface area contributed by atoms with Crippen molar-refractivity contribution in [1.82, 2.24) is 10.3 Å². The van der Waals surface area contributed by atoms with E-state index in [9.17, 15) is 0 Å². The lowest BCUT2D eigenvalue weighted by Gasteiger charge is -2.37. The van der Waals surface area contributed by atoms with Crippen LogP contribution >= 0.6 is 11.3 Å². The van der Waals surface area contributed by atoms with Crippen LogP contribution in [0.4, 0.5) is 0 Å². The summed E-state index contributed by atoms with van der Waals surface area (Å²) in [6.07, 6.45) is 10.3. The van der Waals surface area contributed by atoms with Gasteiger partial charge in [0.05, 0.1) is 5.01 Å². The second kappa shape index (κ2) is 5.28. The van der Waals surface area contributed by atoms with E-state index >= 15 is 0 Å². The third kappa shape index (κ3) is 2.83. The minimum absolute atomic E-state index is 0.506. The molecule has 3 heteroatoms. The van der Waals surface area contributed by atoms with E-state index in [0.717, 1.165) is 6.54 Å². The summed E-state index contributed by atoms with van der Waals surface area (Å²) in [6.45, 7) is 3.25. The minimum atomic E-state index is 0.506. The predicted octanol–water partition coefficient (Wildman–Crippen LogP) is 3.16. The zero-order valence-electron chi connectivity index (χ0n) is 10.4. The quantitative estimate of drug-likeness (QED) is 0.871. The smallest absolute Gasteiger partial charge is 0.0896 e. The van der Waals surface area contributed by atoms with Crippen LogP contribution in [-0.4, -0.2) is 18.6 Å². The van der Waals surface area contributed by atoms with E-state index in [1.165, 1.54) is 48.4 Å². The molecule has 16 heavy (non-hydrogen) atoms. The average Bonchev–Trinajstić information content (AvgIpc) is 2.65. The van der Waals surface area contributed by atoms with Crippen LogP contribution in [0.15, 0.2) is 6.20 Å². The van der Waals surface area contributed by atoms with Gasteiger partial charge in [0, 0.05) is 17.6 Å². The number of thiazole rings is 1. The van der Waals surface area contributed by atoms with Crippen LogP contribution in [0.1, 0.15) is 42.0 Å². The van der Waals surface area contributed by atoms with Crippen LogP contribution in [0.5, 0.6) is 0 Å². The lowest BCUT2D eigenvalue weighted by Crippen LogP contribution is -2.36. The van der Waals surface area contributed by atoms with Crippen molar-refractivity contribution in [2.75, 3.05) is 13.6 Å². The van der Waals surface area contributed by atoms with Crippen molar-refractivity contribution in [2.24, 2.45) is 5.41 Å². The lowest BCUT2D eigenvalue weighted by atomic mass is 9.71. The highest BCUT2D eigenvalue weighted by Crippen LogP contribution is 2.39. The van der Waals surface area contributed by atoms with Crippen LogP contribution in [-0.2, 0) is 6.42 Å². The summed E-state index contributed by atoms with van der Waals surface area (Å²) >= 11 is 1.87. The zero-order valence-corrected chi connectivity index (χ0v) is 11.2. The fraction of sp³-hybridized carbons (Fsp3) is 0.769. The summed E-state index contributed by atoms with van der Waals surface area (Å²) in [5.41, 5.74) is 0.506. The van der Waals surface area contributed by atoms with Gasteiger partial charge in [-0.2, -0.15) is 0 Å². The number of nitrogens with zero attached hydrogens (tertiary/aromatic N) is 1. The van der Waals surface area contributed by atoms with Gasteiger partial charge < -0.3 is 5.32 Å². The van der Waals surface area contributed by atoms with Crippen LogP contribution in [0, 0.1) is 12.3 Å². The first-order valence-electron chi connectivity index (χ1n) is 6.30. The Morgan fingerprint density at radius 1 is 1.38 bits per heavy atom. The Balaban J connectivity index is 2.06. The summed E-state index contributed by atoms with van der Waals surface area (Å²) < 4.78 is 0. The molecule has 0 bridgehead atoms. The first kappa shape index (κ1) is 12.1. The molecule has 1 heterocycles. The molecule has 0 spiro atoms. The molecule has 90 valence electrons. The highest BCUT2D eigenvalue weighted by atomic mass is 32.1. The normalized spacial score (nSPS) is 19.9. The third-order valence-corrected chi connectivity index (χ3v) is 4.60. The Labute approximate surface area is 102 Å². The Morgan fingerprint density at radius 3 is 2.69 bits per heavy atom. The Kier molecular flexibility index (Phi) is 3.98. The van der Waals surface area contributed by atoms with Crippen molar-refractivity contribution in [1.29, 1.82) is 0 Å². The summed E-state index contributed by atoms with van der Waals surface area (Å²) in [6, 6.07) is 0. The number of nitrogens with one attached hydrogen (secondary N) is 1. The molecular formula is C13H22N2S. The highest BCUT2D eigenvalue weighted by molar-refractivity contribution is 7.11. The molecular weight excluding hydrogens is 216 g/mol. The second-order valence-electron chi connectivity index (χ2n) is 5.11. The first-order valence-corrected chi connectivity index (χ1v) is 7.12. The maximum atomic E-state index is 4.37. The molecule has 0 saturated heterocycles. The molecule has 1 aromatic rings. The Hall–Kier alpha value is -0.410. The maximum Gasteiger partial charge on any atom is 0.0896 e. The van der Waals surface area contributed by atoms with E-state index in [0.29, 0.717) is 5.41 Å². The van der Waals surface area contributed by atoms with Gasteiger partial charge in [-0.15, -0.1) is 11.3 Å². The van der Waals surface area contributed by atoms with E-state index in [2.05, 4.69) is 30.5 Å². The fourth-order valence-electron chi connectivity index (χ4n) is 2.95. The van der Waals surface area contributed by atoms with Gasteiger partial charge in [-0.3, -0.25) is 0 Å².